The fourth-order valence-electron chi connectivity index (χ4n) is 13.3. The molecule has 0 aliphatic heterocycles. The van der Waals surface area contributed by atoms with Crippen LogP contribution in [-0.2, 0) is 0 Å². The Morgan fingerprint density at radius 1 is 0.137 bits per heavy atom. The van der Waals surface area contributed by atoms with Crippen LogP contribution in [0.4, 0.5) is 0 Å². The Balaban J connectivity index is 0.888. The molecule has 3 nitrogen and oxygen atoms in total. The van der Waals surface area contributed by atoms with E-state index in [1.807, 2.05) is 146 Å². The van der Waals surface area contributed by atoms with Crippen LogP contribution in [0, 0.1) is 35.5 Å². The normalized spacial score (nSPS) is 10.7. The van der Waals surface area contributed by atoms with Gasteiger partial charge in [0.1, 0.15) is 0 Å². The van der Waals surface area contributed by atoms with Crippen molar-refractivity contribution in [3.63, 3.8) is 0 Å². The summed E-state index contributed by atoms with van der Waals surface area (Å²) in [6, 6.07) is 129. The van der Waals surface area contributed by atoms with Gasteiger partial charge in [-0.25, -0.2) is 0 Å². The highest BCUT2D eigenvalue weighted by atomic mass is 14.7. The van der Waals surface area contributed by atoms with E-state index in [0.29, 0.717) is 0 Å². The van der Waals surface area contributed by atoms with Crippen molar-refractivity contribution in [2.45, 2.75) is 0 Å². The van der Waals surface area contributed by atoms with E-state index in [1.54, 1.807) is 0 Å². The molecule has 0 aliphatic carbocycles. The van der Waals surface area contributed by atoms with Crippen molar-refractivity contribution in [1.29, 1.82) is 0 Å². The van der Waals surface area contributed by atoms with Gasteiger partial charge in [0.25, 0.3) is 0 Å². The first-order chi connectivity index (χ1) is 50.5. The monoisotopic (exact) mass is 1290 g/mol. The highest BCUT2D eigenvalue weighted by molar-refractivity contribution is 6.00. The predicted octanol–water partition coefficient (Wildman–Crippen LogP) is 24.1. The third kappa shape index (κ3) is 14.0. The average Bonchev–Trinajstić information content (AvgIpc) is 0.764. The summed E-state index contributed by atoms with van der Waals surface area (Å²) in [6.45, 7) is 0. The van der Waals surface area contributed by atoms with Gasteiger partial charge in [-0.3, -0.25) is 15.0 Å². The summed E-state index contributed by atoms with van der Waals surface area (Å²) in [7, 11) is 0. The number of rotatable bonds is 12. The molecule has 0 fully saturated rings. The van der Waals surface area contributed by atoms with Crippen LogP contribution < -0.4 is 0 Å². The standard InChI is InChI=1S/C99H63N3/c1-4-22-70(23-5-1)37-40-73-43-49-76(50-44-73)94-67-79(97-34-16-19-61-100-97)55-58-91(94)88-31-13-10-28-85(88)82-64-83(86-29-11-14-32-89(86)92-59-56-80(98-35-17-20-62-101-98)68-95(92)77-51-45-74(46-52-77)41-38-71-24-6-2-7-25-71)66-84(65-82)87-30-12-15-33-90(87)93-60-57-81(99-36-18-21-63-102-99)69-96(93)78-53-47-75(48-54-78)42-39-72-26-8-3-9-27-72/h1-36,43-69H. The first-order valence-electron chi connectivity index (χ1n) is 34.2. The van der Waals surface area contributed by atoms with Gasteiger partial charge < -0.3 is 0 Å². The summed E-state index contributed by atoms with van der Waals surface area (Å²) in [5, 5.41) is 0. The molecule has 0 unspecified atom stereocenters. The minimum absolute atomic E-state index is 0.901. The van der Waals surface area contributed by atoms with Crippen LogP contribution in [-0.4, -0.2) is 15.0 Å². The number of aromatic nitrogens is 3. The molecule has 3 aromatic heterocycles. The van der Waals surface area contributed by atoms with Crippen LogP contribution >= 0.6 is 0 Å². The zero-order valence-electron chi connectivity index (χ0n) is 55.7. The van der Waals surface area contributed by atoms with Gasteiger partial charge in [0.2, 0.25) is 0 Å². The molecule has 16 aromatic rings. The van der Waals surface area contributed by atoms with Crippen LogP contribution in [0.25, 0.3) is 134 Å². The van der Waals surface area contributed by atoms with E-state index in [-0.39, 0.29) is 0 Å². The van der Waals surface area contributed by atoms with Gasteiger partial charge in [-0.2, -0.15) is 0 Å². The van der Waals surface area contributed by atoms with Crippen LogP contribution in [0.15, 0.2) is 383 Å². The number of pyridine rings is 3. The Kier molecular flexibility index (Phi) is 18.1. The molecule has 0 saturated heterocycles. The Morgan fingerprint density at radius 2 is 0.353 bits per heavy atom. The molecule has 13 aromatic carbocycles. The Hall–Kier alpha value is -14.0. The average molecular weight is 1290 g/mol. The number of hydrogen-bond donors (Lipinski definition) is 0. The van der Waals surface area contributed by atoms with E-state index in [1.165, 1.54) is 0 Å². The molecular formula is C99H63N3. The molecule has 3 heteroatoms. The topological polar surface area (TPSA) is 38.7 Å². The van der Waals surface area contributed by atoms with Crippen LogP contribution in [0.2, 0.25) is 0 Å². The second-order valence-electron chi connectivity index (χ2n) is 24.9. The summed E-state index contributed by atoms with van der Waals surface area (Å²) in [5.41, 5.74) is 30.9. The van der Waals surface area contributed by atoms with Crippen LogP contribution in [0.1, 0.15) is 33.4 Å². The van der Waals surface area contributed by atoms with E-state index < -0.39 is 0 Å². The summed E-state index contributed by atoms with van der Waals surface area (Å²) >= 11 is 0. The molecule has 3 heterocycles. The van der Waals surface area contributed by atoms with Crippen molar-refractivity contribution in [2.24, 2.45) is 0 Å². The van der Waals surface area contributed by atoms with Gasteiger partial charge >= 0.3 is 0 Å². The lowest BCUT2D eigenvalue weighted by Gasteiger charge is -2.21. The Morgan fingerprint density at radius 3 is 0.608 bits per heavy atom. The number of nitrogens with zero attached hydrogens (tertiary/aromatic N) is 3. The molecule has 0 spiro atoms. The highest BCUT2D eigenvalue weighted by Gasteiger charge is 2.22. The highest BCUT2D eigenvalue weighted by Crippen LogP contribution is 2.47. The van der Waals surface area contributed by atoms with Crippen molar-refractivity contribution in [3.8, 4) is 169 Å². The lowest BCUT2D eigenvalue weighted by atomic mass is 9.83. The SMILES string of the molecule is C(#Cc1ccc(-c2cc(-c3ccccn3)ccc2-c2ccccc2-c2cc(-c3ccccc3-c3ccc(-c4ccccn4)cc3-c3ccc(C#Cc4ccccc4)cc3)cc(-c3ccccc3-c3ccc(-c4ccccn4)cc3-c3ccc(C#Cc4ccccc4)cc3)c2)cc1)c1ccccc1. The van der Waals surface area contributed by atoms with E-state index in [9.17, 15) is 0 Å². The molecule has 0 bridgehead atoms. The second kappa shape index (κ2) is 29.4. The van der Waals surface area contributed by atoms with Crippen molar-refractivity contribution >= 4 is 0 Å². The zero-order chi connectivity index (χ0) is 68.2. The second-order valence-corrected chi connectivity index (χ2v) is 24.9. The summed E-state index contributed by atoms with van der Waals surface area (Å²) in [5.74, 6) is 20.3. The summed E-state index contributed by atoms with van der Waals surface area (Å²) in [6.07, 6.45) is 5.58. The lowest BCUT2D eigenvalue weighted by molar-refractivity contribution is 1.33. The Labute approximate surface area is 596 Å². The maximum absolute atomic E-state index is 4.84. The quantitative estimate of drug-likeness (QED) is 0.114. The summed E-state index contributed by atoms with van der Waals surface area (Å²) in [4.78, 5) is 14.5. The molecule has 0 aliphatic rings. The van der Waals surface area contributed by atoms with Gasteiger partial charge in [0.15, 0.2) is 0 Å². The van der Waals surface area contributed by atoms with Gasteiger partial charge in [-0.05, 0) is 246 Å². The van der Waals surface area contributed by atoms with Crippen LogP contribution in [0.3, 0.4) is 0 Å². The van der Waals surface area contributed by atoms with Gasteiger partial charge in [-0.15, -0.1) is 0 Å². The Bertz CT molecular complexity index is 5280. The fraction of sp³-hybridized carbons (Fsp3) is 0. The first kappa shape index (κ1) is 62.8. The lowest BCUT2D eigenvalue weighted by Crippen LogP contribution is -1.95. The van der Waals surface area contributed by atoms with E-state index in [0.717, 1.165) is 167 Å². The van der Waals surface area contributed by atoms with Gasteiger partial charge in [0, 0.05) is 68.7 Å². The largest absolute Gasteiger partial charge is 0.256 e. The molecule has 0 atom stereocenters. The van der Waals surface area contributed by atoms with Crippen molar-refractivity contribution in [2.75, 3.05) is 0 Å². The first-order valence-corrected chi connectivity index (χ1v) is 34.2. The van der Waals surface area contributed by atoms with Crippen LogP contribution in [0.5, 0.6) is 0 Å². The molecule has 16 rings (SSSR count). The third-order valence-corrected chi connectivity index (χ3v) is 18.4. The zero-order valence-corrected chi connectivity index (χ0v) is 55.7. The maximum Gasteiger partial charge on any atom is 0.0702 e. The molecule has 0 radical (unpaired) electrons. The molecule has 0 amide bonds. The maximum atomic E-state index is 4.84. The van der Waals surface area contributed by atoms with Crippen molar-refractivity contribution < 1.29 is 0 Å². The van der Waals surface area contributed by atoms with E-state index in [2.05, 4.69) is 272 Å². The number of hydrogen-bond acceptors (Lipinski definition) is 3. The molecule has 0 N–H and O–H groups in total. The predicted molar refractivity (Wildman–Crippen MR) is 422 cm³/mol. The third-order valence-electron chi connectivity index (χ3n) is 18.4. The van der Waals surface area contributed by atoms with Crippen molar-refractivity contribution in [3.05, 3.63) is 416 Å². The molecular weight excluding hydrogens is 1230 g/mol. The number of benzene rings is 13. The minimum Gasteiger partial charge on any atom is -0.256 e. The van der Waals surface area contributed by atoms with E-state index >= 15 is 0 Å². The minimum atomic E-state index is 0.901. The van der Waals surface area contributed by atoms with E-state index in [4.69, 9.17) is 15.0 Å². The summed E-state index contributed by atoms with van der Waals surface area (Å²) < 4.78 is 0. The van der Waals surface area contributed by atoms with Gasteiger partial charge in [0.05, 0.1) is 17.1 Å². The molecule has 474 valence electrons. The molecule has 102 heavy (non-hydrogen) atoms. The van der Waals surface area contributed by atoms with Gasteiger partial charge in [-0.1, -0.05) is 254 Å². The fourth-order valence-corrected chi connectivity index (χ4v) is 13.3. The van der Waals surface area contributed by atoms with Crippen molar-refractivity contribution in [1.82, 2.24) is 15.0 Å². The smallest absolute Gasteiger partial charge is 0.0702 e. The molecule has 0 saturated carbocycles.